The van der Waals surface area contributed by atoms with Gasteiger partial charge in [-0.25, -0.2) is 9.59 Å². The molecular weight excluding hydrogens is 378 g/mol. The van der Waals surface area contributed by atoms with Crippen molar-refractivity contribution in [2.75, 3.05) is 19.0 Å². The van der Waals surface area contributed by atoms with Crippen molar-refractivity contribution in [1.29, 1.82) is 0 Å². The van der Waals surface area contributed by atoms with Gasteiger partial charge in [0, 0.05) is 5.69 Å². The zero-order valence-electron chi connectivity index (χ0n) is 15.9. The molecule has 0 aliphatic carbocycles. The van der Waals surface area contributed by atoms with Gasteiger partial charge in [-0.05, 0) is 31.2 Å². The van der Waals surface area contributed by atoms with Crippen LogP contribution in [0.1, 0.15) is 17.3 Å². The van der Waals surface area contributed by atoms with E-state index in [1.165, 1.54) is 20.1 Å². The molecular formula is C20H21N3O6. The summed E-state index contributed by atoms with van der Waals surface area (Å²) in [5, 5.41) is 7.05. The number of esters is 1. The zero-order chi connectivity index (χ0) is 21.2. The van der Waals surface area contributed by atoms with Gasteiger partial charge in [-0.15, -0.1) is 0 Å². The van der Waals surface area contributed by atoms with Crippen LogP contribution in [-0.4, -0.2) is 43.6 Å². The zero-order valence-corrected chi connectivity index (χ0v) is 15.9. The minimum atomic E-state index is -1.00. The van der Waals surface area contributed by atoms with Crippen LogP contribution in [0.3, 0.4) is 0 Å². The molecule has 0 spiro atoms. The predicted molar refractivity (Wildman–Crippen MR) is 104 cm³/mol. The molecule has 1 atom stereocenters. The van der Waals surface area contributed by atoms with Crippen molar-refractivity contribution in [3.8, 4) is 5.75 Å². The molecule has 0 radical (unpaired) electrons. The number of imide groups is 1. The van der Waals surface area contributed by atoms with E-state index < -0.39 is 36.5 Å². The van der Waals surface area contributed by atoms with Crippen LogP contribution in [0.4, 0.5) is 10.5 Å². The molecule has 0 aliphatic rings. The number of urea groups is 1. The maximum absolute atomic E-state index is 12.1. The molecule has 0 aromatic heterocycles. The number of carbonyl (C=O) groups excluding carboxylic acids is 4. The average molecular weight is 399 g/mol. The van der Waals surface area contributed by atoms with Gasteiger partial charge in [0.2, 0.25) is 0 Å². The Kier molecular flexibility index (Phi) is 7.72. The van der Waals surface area contributed by atoms with Gasteiger partial charge in [-0.2, -0.15) is 0 Å². The molecule has 0 aliphatic heterocycles. The Morgan fingerprint density at radius 3 is 2.31 bits per heavy atom. The van der Waals surface area contributed by atoms with Gasteiger partial charge >= 0.3 is 12.0 Å². The van der Waals surface area contributed by atoms with Crippen LogP contribution < -0.4 is 20.7 Å². The number of nitrogens with one attached hydrogen (secondary N) is 3. The molecule has 0 fully saturated rings. The fourth-order valence-electron chi connectivity index (χ4n) is 2.27. The summed E-state index contributed by atoms with van der Waals surface area (Å²) in [5.74, 6) is -2.02. The number of para-hydroxylation sites is 2. The SMILES string of the molecule is COc1ccccc1C(=O)NC(=O)COC(=O)[C@H](C)NC(=O)Nc1ccccc1. The third-order valence-corrected chi connectivity index (χ3v) is 3.68. The highest BCUT2D eigenvalue weighted by molar-refractivity contribution is 6.06. The lowest BCUT2D eigenvalue weighted by Crippen LogP contribution is -2.43. The van der Waals surface area contributed by atoms with Gasteiger partial charge in [0.15, 0.2) is 6.61 Å². The van der Waals surface area contributed by atoms with E-state index in [9.17, 15) is 19.2 Å². The summed E-state index contributed by atoms with van der Waals surface area (Å²) in [6.07, 6.45) is 0. The highest BCUT2D eigenvalue weighted by Gasteiger charge is 2.20. The van der Waals surface area contributed by atoms with Gasteiger partial charge in [0.05, 0.1) is 12.7 Å². The van der Waals surface area contributed by atoms with Crippen molar-refractivity contribution in [3.63, 3.8) is 0 Å². The lowest BCUT2D eigenvalue weighted by molar-refractivity contribution is -0.149. The first-order chi connectivity index (χ1) is 13.9. The van der Waals surface area contributed by atoms with Crippen LogP contribution in [0.15, 0.2) is 54.6 Å². The number of hydrogen-bond acceptors (Lipinski definition) is 6. The summed E-state index contributed by atoms with van der Waals surface area (Å²) in [4.78, 5) is 47.8. The first-order valence-electron chi connectivity index (χ1n) is 8.67. The van der Waals surface area contributed by atoms with Gasteiger partial charge in [-0.3, -0.25) is 14.9 Å². The number of rotatable bonds is 7. The molecule has 2 rings (SSSR count). The fourth-order valence-corrected chi connectivity index (χ4v) is 2.27. The summed E-state index contributed by atoms with van der Waals surface area (Å²) in [7, 11) is 1.40. The minimum absolute atomic E-state index is 0.169. The standard InChI is InChI=1S/C20H21N3O6/c1-13(21-20(27)22-14-8-4-3-5-9-14)19(26)29-12-17(24)23-18(25)15-10-6-7-11-16(15)28-2/h3-11,13H,12H2,1-2H3,(H2,21,22,27)(H,23,24,25)/t13-/m0/s1. The van der Waals surface area contributed by atoms with Crippen molar-refractivity contribution in [1.82, 2.24) is 10.6 Å². The number of ether oxygens (including phenoxy) is 2. The predicted octanol–water partition coefficient (Wildman–Crippen LogP) is 1.70. The smallest absolute Gasteiger partial charge is 0.328 e. The monoisotopic (exact) mass is 399 g/mol. The first kappa shape index (κ1) is 21.4. The highest BCUT2D eigenvalue weighted by atomic mass is 16.5. The highest BCUT2D eigenvalue weighted by Crippen LogP contribution is 2.16. The molecule has 0 saturated heterocycles. The molecule has 0 unspecified atom stereocenters. The normalized spacial score (nSPS) is 11.0. The lowest BCUT2D eigenvalue weighted by atomic mass is 10.2. The fraction of sp³-hybridized carbons (Fsp3) is 0.200. The molecule has 2 aromatic rings. The van der Waals surface area contributed by atoms with E-state index in [4.69, 9.17) is 9.47 Å². The van der Waals surface area contributed by atoms with E-state index in [0.717, 1.165) is 0 Å². The molecule has 29 heavy (non-hydrogen) atoms. The summed E-state index contributed by atoms with van der Waals surface area (Å²) < 4.78 is 9.89. The maximum Gasteiger partial charge on any atom is 0.328 e. The number of anilines is 1. The molecule has 2 aromatic carbocycles. The van der Waals surface area contributed by atoms with Crippen LogP contribution in [0.5, 0.6) is 5.75 Å². The third kappa shape index (κ3) is 6.65. The average Bonchev–Trinajstić information content (AvgIpc) is 2.72. The molecule has 9 nitrogen and oxygen atoms in total. The molecule has 0 heterocycles. The number of carbonyl (C=O) groups is 4. The Bertz CT molecular complexity index is 885. The van der Waals surface area contributed by atoms with Crippen molar-refractivity contribution in [3.05, 3.63) is 60.2 Å². The van der Waals surface area contributed by atoms with E-state index >= 15 is 0 Å². The number of hydrogen-bond donors (Lipinski definition) is 3. The second kappa shape index (κ2) is 10.5. The summed E-state index contributed by atoms with van der Waals surface area (Å²) in [5.41, 5.74) is 0.724. The molecule has 152 valence electrons. The second-order valence-electron chi connectivity index (χ2n) is 5.87. The van der Waals surface area contributed by atoms with E-state index in [0.29, 0.717) is 11.4 Å². The lowest BCUT2D eigenvalue weighted by Gasteiger charge is -2.14. The van der Waals surface area contributed by atoms with E-state index in [1.807, 2.05) is 0 Å². The van der Waals surface area contributed by atoms with Crippen LogP contribution in [0.2, 0.25) is 0 Å². The Labute approximate surface area is 167 Å². The van der Waals surface area contributed by atoms with Crippen molar-refractivity contribution >= 4 is 29.5 Å². The molecule has 9 heteroatoms. The third-order valence-electron chi connectivity index (χ3n) is 3.68. The Morgan fingerprint density at radius 2 is 1.62 bits per heavy atom. The van der Waals surface area contributed by atoms with E-state index in [-0.39, 0.29) is 5.56 Å². The largest absolute Gasteiger partial charge is 0.496 e. The molecule has 4 amide bonds. The molecule has 0 bridgehead atoms. The quantitative estimate of drug-likeness (QED) is 0.609. The Balaban J connectivity index is 1.78. The number of benzene rings is 2. The molecule has 0 saturated carbocycles. The van der Waals surface area contributed by atoms with Gasteiger partial charge in [0.25, 0.3) is 11.8 Å². The second-order valence-corrected chi connectivity index (χ2v) is 5.87. The summed E-state index contributed by atoms with van der Waals surface area (Å²) >= 11 is 0. The van der Waals surface area contributed by atoms with E-state index in [2.05, 4.69) is 16.0 Å². The van der Waals surface area contributed by atoms with Crippen molar-refractivity contribution in [2.24, 2.45) is 0 Å². The van der Waals surface area contributed by atoms with Crippen molar-refractivity contribution < 1.29 is 28.7 Å². The van der Waals surface area contributed by atoms with Crippen molar-refractivity contribution in [2.45, 2.75) is 13.0 Å². The van der Waals surface area contributed by atoms with Crippen LogP contribution in [0.25, 0.3) is 0 Å². The molecule has 3 N–H and O–H groups in total. The topological polar surface area (TPSA) is 123 Å². The van der Waals surface area contributed by atoms with E-state index in [1.54, 1.807) is 48.5 Å². The Hall–Kier alpha value is -3.88. The summed E-state index contributed by atoms with van der Waals surface area (Å²) in [6, 6.07) is 13.4. The number of amides is 4. The van der Waals surface area contributed by atoms with Gasteiger partial charge in [-0.1, -0.05) is 30.3 Å². The van der Waals surface area contributed by atoms with Crippen LogP contribution in [0, 0.1) is 0 Å². The first-order valence-corrected chi connectivity index (χ1v) is 8.67. The minimum Gasteiger partial charge on any atom is -0.496 e. The summed E-state index contributed by atoms with van der Waals surface area (Å²) in [6.45, 7) is 0.733. The van der Waals surface area contributed by atoms with Crippen LogP contribution in [-0.2, 0) is 14.3 Å². The Morgan fingerprint density at radius 1 is 0.966 bits per heavy atom. The van der Waals surface area contributed by atoms with Crippen LogP contribution >= 0.6 is 0 Å². The maximum atomic E-state index is 12.1. The number of methoxy groups -OCH3 is 1. The van der Waals surface area contributed by atoms with Gasteiger partial charge < -0.3 is 20.1 Å². The van der Waals surface area contributed by atoms with Gasteiger partial charge in [0.1, 0.15) is 11.8 Å².